The molecule has 0 aliphatic heterocycles. The Labute approximate surface area is 172 Å². The lowest BCUT2D eigenvalue weighted by molar-refractivity contribution is -0.0451. The maximum Gasteiger partial charge on any atom is 0.511 e. The van der Waals surface area contributed by atoms with E-state index < -0.39 is 27.1 Å². The van der Waals surface area contributed by atoms with Crippen LogP contribution in [0.4, 0.5) is 13.2 Å². The molecule has 164 valence electrons. The van der Waals surface area contributed by atoms with Crippen LogP contribution in [-0.4, -0.2) is 38.0 Å². The second-order valence-electron chi connectivity index (χ2n) is 7.74. The summed E-state index contributed by atoms with van der Waals surface area (Å²) < 4.78 is 66.9. The molecule has 0 spiro atoms. The van der Waals surface area contributed by atoms with E-state index in [1.807, 2.05) is 0 Å². The molecular weight excluding hydrogens is 423 g/mol. The van der Waals surface area contributed by atoms with Crippen molar-refractivity contribution in [3.8, 4) is 11.8 Å². The van der Waals surface area contributed by atoms with Crippen molar-refractivity contribution in [2.75, 3.05) is 6.61 Å². The molecule has 1 aromatic rings. The molecular formula is C19H22F3N3O4S. The summed E-state index contributed by atoms with van der Waals surface area (Å²) in [7, 11) is -5.48. The maximum absolute atomic E-state index is 12.8. The maximum atomic E-state index is 12.8. The number of amides is 1. The standard InChI is InChI=1S/C19H22F3N3O4S/c1-12(25-30(27,28)19(20,21)22)10-29-14-8-13-4-2-3-5-15(13)16(9-14)17(26)24-18(11-23)6-7-18/h8-9,12,25H,2-7,10H2,1H3,(H,24,26)/t12-/m0/s1. The number of carbonyl (C=O) groups excluding carboxylic acids is 1. The van der Waals surface area contributed by atoms with Crippen molar-refractivity contribution in [2.24, 2.45) is 0 Å². The lowest BCUT2D eigenvalue weighted by Gasteiger charge is -2.22. The molecule has 0 heterocycles. The SMILES string of the molecule is C[C@@H](COc1cc2c(c(C(=O)NC3(C#N)CC3)c1)CCCC2)NS(=O)(=O)C(F)(F)F. The third-order valence-electron chi connectivity index (χ3n) is 5.16. The summed E-state index contributed by atoms with van der Waals surface area (Å²) in [5.41, 5.74) is -4.07. The summed E-state index contributed by atoms with van der Waals surface area (Å²) in [6.07, 6.45) is 4.47. The fraction of sp³-hybridized carbons (Fsp3) is 0.579. The number of nitrogens with one attached hydrogen (secondary N) is 2. The van der Waals surface area contributed by atoms with Gasteiger partial charge in [0.25, 0.3) is 5.91 Å². The zero-order chi connectivity index (χ0) is 22.2. The van der Waals surface area contributed by atoms with Gasteiger partial charge in [-0.25, -0.2) is 13.1 Å². The Bertz CT molecular complexity index is 982. The Morgan fingerprint density at radius 3 is 2.57 bits per heavy atom. The van der Waals surface area contributed by atoms with Crippen LogP contribution >= 0.6 is 0 Å². The number of carbonyl (C=O) groups is 1. The number of sulfonamides is 1. The molecule has 1 aromatic carbocycles. The number of rotatable bonds is 7. The van der Waals surface area contributed by atoms with Crippen molar-refractivity contribution < 1.29 is 31.1 Å². The van der Waals surface area contributed by atoms with E-state index >= 15 is 0 Å². The van der Waals surface area contributed by atoms with E-state index in [4.69, 9.17) is 4.74 Å². The fourth-order valence-electron chi connectivity index (χ4n) is 3.39. The number of benzene rings is 1. The Morgan fingerprint density at radius 1 is 1.30 bits per heavy atom. The fourth-order valence-corrected chi connectivity index (χ4v) is 4.12. The second-order valence-corrected chi connectivity index (χ2v) is 9.45. The largest absolute Gasteiger partial charge is 0.511 e. The molecule has 3 rings (SSSR count). The first-order chi connectivity index (χ1) is 14.0. The highest BCUT2D eigenvalue weighted by Gasteiger charge is 2.46. The summed E-state index contributed by atoms with van der Waals surface area (Å²) in [6.45, 7) is 0.899. The Balaban J connectivity index is 1.76. The van der Waals surface area contributed by atoms with Gasteiger partial charge in [0.05, 0.1) is 12.1 Å². The molecule has 0 aromatic heterocycles. The minimum atomic E-state index is -5.48. The van der Waals surface area contributed by atoms with Crippen LogP contribution in [0, 0.1) is 11.3 Å². The summed E-state index contributed by atoms with van der Waals surface area (Å²) in [5.74, 6) is -0.121. The third-order valence-corrected chi connectivity index (χ3v) is 6.48. The molecule has 1 amide bonds. The van der Waals surface area contributed by atoms with Crippen LogP contribution < -0.4 is 14.8 Å². The minimum Gasteiger partial charge on any atom is -0.492 e. The number of nitriles is 1. The number of alkyl halides is 3. The summed E-state index contributed by atoms with van der Waals surface area (Å²) in [4.78, 5) is 12.8. The second kappa shape index (κ2) is 8.07. The van der Waals surface area contributed by atoms with E-state index in [1.54, 1.807) is 6.07 Å². The van der Waals surface area contributed by atoms with Crippen molar-refractivity contribution in [3.05, 3.63) is 28.8 Å². The highest BCUT2D eigenvalue weighted by molar-refractivity contribution is 7.90. The van der Waals surface area contributed by atoms with Crippen LogP contribution in [0.1, 0.15) is 54.1 Å². The number of hydrogen-bond acceptors (Lipinski definition) is 5. The topological polar surface area (TPSA) is 108 Å². The van der Waals surface area contributed by atoms with Gasteiger partial charge in [0.15, 0.2) is 0 Å². The number of fused-ring (bicyclic) bond motifs is 1. The highest BCUT2D eigenvalue weighted by Crippen LogP contribution is 2.36. The molecule has 1 saturated carbocycles. The quantitative estimate of drug-likeness (QED) is 0.671. The monoisotopic (exact) mass is 445 g/mol. The zero-order valence-electron chi connectivity index (χ0n) is 16.3. The van der Waals surface area contributed by atoms with Crippen LogP contribution in [0.15, 0.2) is 12.1 Å². The van der Waals surface area contributed by atoms with Gasteiger partial charge in [-0.15, -0.1) is 0 Å². The van der Waals surface area contributed by atoms with Crippen molar-refractivity contribution in [2.45, 2.75) is 62.5 Å². The molecule has 0 bridgehead atoms. The van der Waals surface area contributed by atoms with Crippen LogP contribution in [0.2, 0.25) is 0 Å². The third kappa shape index (κ3) is 4.87. The van der Waals surface area contributed by atoms with E-state index in [0.29, 0.717) is 24.8 Å². The number of halogens is 3. The summed E-state index contributed by atoms with van der Waals surface area (Å²) in [6, 6.07) is 4.19. The summed E-state index contributed by atoms with van der Waals surface area (Å²) >= 11 is 0. The van der Waals surface area contributed by atoms with Crippen LogP contribution in [0.25, 0.3) is 0 Å². The van der Waals surface area contributed by atoms with Crippen molar-refractivity contribution in [3.63, 3.8) is 0 Å². The van der Waals surface area contributed by atoms with Gasteiger partial charge < -0.3 is 10.1 Å². The molecule has 1 fully saturated rings. The lowest BCUT2D eigenvalue weighted by Crippen LogP contribution is -2.43. The van der Waals surface area contributed by atoms with E-state index in [2.05, 4.69) is 11.4 Å². The molecule has 2 aliphatic rings. The van der Waals surface area contributed by atoms with E-state index in [-0.39, 0.29) is 18.3 Å². The molecule has 30 heavy (non-hydrogen) atoms. The smallest absolute Gasteiger partial charge is 0.492 e. The molecule has 0 unspecified atom stereocenters. The average Bonchev–Trinajstić information content (AvgIpc) is 3.44. The normalized spacial score (nSPS) is 18.6. The van der Waals surface area contributed by atoms with Crippen LogP contribution in [-0.2, 0) is 22.9 Å². The van der Waals surface area contributed by atoms with Gasteiger partial charge in [-0.1, -0.05) is 0 Å². The van der Waals surface area contributed by atoms with Crippen molar-refractivity contribution in [1.29, 1.82) is 5.26 Å². The molecule has 1 atom stereocenters. The van der Waals surface area contributed by atoms with Gasteiger partial charge in [0, 0.05) is 5.56 Å². The highest BCUT2D eigenvalue weighted by atomic mass is 32.2. The van der Waals surface area contributed by atoms with Gasteiger partial charge in [-0.2, -0.15) is 18.4 Å². The molecule has 2 N–H and O–H groups in total. The zero-order valence-corrected chi connectivity index (χ0v) is 17.1. The Kier molecular flexibility index (Phi) is 6.02. The first kappa shape index (κ1) is 22.4. The van der Waals surface area contributed by atoms with Crippen LogP contribution in [0.3, 0.4) is 0 Å². The lowest BCUT2D eigenvalue weighted by atomic mass is 9.87. The molecule has 11 heteroatoms. The van der Waals surface area contributed by atoms with E-state index in [0.717, 1.165) is 30.4 Å². The predicted molar refractivity (Wildman–Crippen MR) is 101 cm³/mol. The van der Waals surface area contributed by atoms with Crippen LogP contribution in [0.5, 0.6) is 5.75 Å². The molecule has 0 radical (unpaired) electrons. The van der Waals surface area contributed by atoms with Gasteiger partial charge in [0.1, 0.15) is 17.9 Å². The van der Waals surface area contributed by atoms with Gasteiger partial charge in [-0.05, 0) is 68.7 Å². The van der Waals surface area contributed by atoms with Crippen molar-refractivity contribution >= 4 is 15.9 Å². The minimum absolute atomic E-state index is 0.265. The first-order valence-electron chi connectivity index (χ1n) is 9.57. The molecule has 2 aliphatic carbocycles. The molecule has 0 saturated heterocycles. The predicted octanol–water partition coefficient (Wildman–Crippen LogP) is 2.56. The number of ether oxygens (including phenoxy) is 1. The Hall–Kier alpha value is -2.32. The van der Waals surface area contributed by atoms with E-state index in [1.165, 1.54) is 17.7 Å². The Morgan fingerprint density at radius 2 is 1.97 bits per heavy atom. The first-order valence-corrected chi connectivity index (χ1v) is 11.1. The van der Waals surface area contributed by atoms with Gasteiger partial charge in [0.2, 0.25) is 0 Å². The number of aryl methyl sites for hydroxylation is 1. The summed E-state index contributed by atoms with van der Waals surface area (Å²) in [5, 5.41) is 12.0. The average molecular weight is 445 g/mol. The van der Waals surface area contributed by atoms with Gasteiger partial charge >= 0.3 is 15.5 Å². The van der Waals surface area contributed by atoms with E-state index in [9.17, 15) is 31.6 Å². The molecule has 7 nitrogen and oxygen atoms in total. The number of nitrogens with zero attached hydrogens (tertiary/aromatic N) is 1. The van der Waals surface area contributed by atoms with Gasteiger partial charge in [-0.3, -0.25) is 4.79 Å². The number of hydrogen-bond donors (Lipinski definition) is 2. The van der Waals surface area contributed by atoms with Crippen molar-refractivity contribution in [1.82, 2.24) is 10.0 Å².